The molecule has 14 heteroatoms. The zero-order valence-corrected chi connectivity index (χ0v) is 33.2. The van der Waals surface area contributed by atoms with Gasteiger partial charge in [-0.25, -0.2) is 14.6 Å². The van der Waals surface area contributed by atoms with E-state index in [0.29, 0.717) is 64.4 Å². The van der Waals surface area contributed by atoms with Gasteiger partial charge in [0, 0.05) is 62.8 Å². The van der Waals surface area contributed by atoms with Crippen molar-refractivity contribution in [1.29, 1.82) is 0 Å². The van der Waals surface area contributed by atoms with Crippen molar-refractivity contribution in [2.45, 2.75) is 70.7 Å². The highest BCUT2D eigenvalue weighted by atomic mass is 32.1. The summed E-state index contributed by atoms with van der Waals surface area (Å²) in [6.07, 6.45) is 3.56. The second kappa shape index (κ2) is 21.5. The van der Waals surface area contributed by atoms with Gasteiger partial charge in [0.1, 0.15) is 13.2 Å². The Kier molecular flexibility index (Phi) is 16.2. The number of carbonyl (C=O) groups is 3. The maximum atomic E-state index is 14.2. The molecule has 1 saturated heterocycles. The molecular weight excluding hydrogens is 723 g/mol. The smallest absolute Gasteiger partial charge is 0.407 e. The van der Waals surface area contributed by atoms with Crippen LogP contribution in [0.4, 0.5) is 9.59 Å². The van der Waals surface area contributed by atoms with Gasteiger partial charge in [0.25, 0.3) is 0 Å². The minimum atomic E-state index is -0.497. The predicted octanol–water partition coefficient (Wildman–Crippen LogP) is 5.95. The van der Waals surface area contributed by atoms with Crippen LogP contribution >= 0.6 is 22.7 Å². The first-order valence-corrected chi connectivity index (χ1v) is 20.4. The SMILES string of the molecule is CC(C)c1nc(CN(C)C(=O)CN(CCN2CCOCC2)C(=O)NC(CCC(Cc2ccccc2)NC(=O)OCc2cncs2)Cc2ccccc2)cs1. The van der Waals surface area contributed by atoms with Crippen LogP contribution in [0.5, 0.6) is 0 Å². The summed E-state index contributed by atoms with van der Waals surface area (Å²) in [6, 6.07) is 19.3. The Morgan fingerprint density at radius 1 is 0.926 bits per heavy atom. The van der Waals surface area contributed by atoms with Crippen LogP contribution in [0, 0.1) is 0 Å². The molecule has 0 bridgehead atoms. The number of aromatic nitrogens is 2. The number of rotatable bonds is 19. The highest BCUT2D eigenvalue weighted by molar-refractivity contribution is 7.09. The quantitative estimate of drug-likeness (QED) is 0.120. The molecule has 4 amide bonds. The first-order valence-electron chi connectivity index (χ1n) is 18.6. The number of alkyl carbamates (subject to hydrolysis) is 1. The molecule has 0 spiro atoms. The van der Waals surface area contributed by atoms with Crippen LogP contribution in [0.2, 0.25) is 0 Å². The number of amides is 4. The van der Waals surface area contributed by atoms with Crippen molar-refractivity contribution in [3.8, 4) is 0 Å². The molecule has 2 atom stereocenters. The Balaban J connectivity index is 1.28. The first-order chi connectivity index (χ1) is 26.2. The zero-order chi connectivity index (χ0) is 38.1. The third-order valence-electron chi connectivity index (χ3n) is 9.28. The van der Waals surface area contributed by atoms with E-state index in [1.165, 1.54) is 11.3 Å². The maximum Gasteiger partial charge on any atom is 0.407 e. The van der Waals surface area contributed by atoms with Gasteiger partial charge in [-0.05, 0) is 36.8 Å². The molecule has 2 N–H and O–H groups in total. The number of benzene rings is 2. The minimum absolute atomic E-state index is 0.0598. The van der Waals surface area contributed by atoms with Crippen molar-refractivity contribution in [3.05, 3.63) is 104 Å². The fourth-order valence-electron chi connectivity index (χ4n) is 6.19. The average molecular weight is 776 g/mol. The molecule has 290 valence electrons. The van der Waals surface area contributed by atoms with E-state index in [0.717, 1.165) is 39.8 Å². The zero-order valence-electron chi connectivity index (χ0n) is 31.5. The molecular formula is C40H53N7O5S2. The fraction of sp³-hybridized carbons (Fsp3) is 0.475. The van der Waals surface area contributed by atoms with Gasteiger partial charge < -0.3 is 29.9 Å². The summed E-state index contributed by atoms with van der Waals surface area (Å²) in [7, 11) is 1.76. The van der Waals surface area contributed by atoms with E-state index in [1.54, 1.807) is 39.9 Å². The van der Waals surface area contributed by atoms with Gasteiger partial charge in [-0.15, -0.1) is 22.7 Å². The number of morpholine rings is 1. The number of urea groups is 1. The van der Waals surface area contributed by atoms with Gasteiger partial charge >= 0.3 is 12.1 Å². The van der Waals surface area contributed by atoms with Gasteiger partial charge in [-0.2, -0.15) is 0 Å². The first kappa shape index (κ1) is 40.8. The lowest BCUT2D eigenvalue weighted by molar-refractivity contribution is -0.131. The Labute approximate surface area is 326 Å². The molecule has 0 aliphatic carbocycles. The largest absolute Gasteiger partial charge is 0.444 e. The summed E-state index contributed by atoms with van der Waals surface area (Å²) >= 11 is 3.03. The number of carbonyl (C=O) groups excluding carboxylic acids is 3. The van der Waals surface area contributed by atoms with Gasteiger partial charge in [0.05, 0.1) is 40.8 Å². The minimum Gasteiger partial charge on any atom is -0.444 e. The number of thiazole rings is 2. The van der Waals surface area contributed by atoms with Crippen molar-refractivity contribution in [2.24, 2.45) is 0 Å². The van der Waals surface area contributed by atoms with Crippen molar-refractivity contribution in [3.63, 3.8) is 0 Å². The molecule has 1 aliphatic heterocycles. The average Bonchev–Trinajstić information content (AvgIpc) is 3.89. The number of likely N-dealkylation sites (N-methyl/N-ethyl adjacent to an activating group) is 1. The highest BCUT2D eigenvalue weighted by Crippen LogP contribution is 2.20. The number of nitrogens with one attached hydrogen (secondary N) is 2. The van der Waals surface area contributed by atoms with Crippen LogP contribution in [0.3, 0.4) is 0 Å². The molecule has 3 heterocycles. The van der Waals surface area contributed by atoms with Gasteiger partial charge in [-0.3, -0.25) is 14.7 Å². The van der Waals surface area contributed by atoms with E-state index < -0.39 is 6.09 Å². The van der Waals surface area contributed by atoms with Crippen molar-refractivity contribution < 1.29 is 23.9 Å². The number of hydrogen-bond donors (Lipinski definition) is 2. The van der Waals surface area contributed by atoms with Crippen molar-refractivity contribution in [2.75, 3.05) is 53.0 Å². The molecule has 2 aromatic carbocycles. The topological polar surface area (TPSA) is 129 Å². The Morgan fingerprint density at radius 3 is 2.17 bits per heavy atom. The molecule has 0 radical (unpaired) electrons. The maximum absolute atomic E-state index is 14.2. The Morgan fingerprint density at radius 2 is 1.57 bits per heavy atom. The van der Waals surface area contributed by atoms with Crippen LogP contribution in [-0.2, 0) is 40.3 Å². The second-order valence-electron chi connectivity index (χ2n) is 13.9. The van der Waals surface area contributed by atoms with E-state index in [4.69, 9.17) is 14.5 Å². The lowest BCUT2D eigenvalue weighted by Gasteiger charge is -2.32. The molecule has 4 aromatic rings. The Bertz CT molecular complexity index is 1700. The van der Waals surface area contributed by atoms with Crippen molar-refractivity contribution in [1.82, 2.24) is 35.3 Å². The van der Waals surface area contributed by atoms with E-state index >= 15 is 0 Å². The molecule has 0 saturated carbocycles. The standard InChI is InChI=1S/C40H53N7O5S2/c1-30(2)38-42-35(28-53-38)25-45(3)37(48)26-47(17-16-46-18-20-51-21-19-46)39(49)43-33(22-31-10-6-4-7-11-31)14-15-34(23-32-12-8-5-9-13-32)44-40(50)52-27-36-24-41-29-54-36/h4-13,24,28-30,33-34H,14-23,25-27H2,1-3H3,(H,43,49)(H,44,50). The molecule has 2 aromatic heterocycles. The van der Waals surface area contributed by atoms with Gasteiger partial charge in [0.15, 0.2) is 0 Å². The third-order valence-corrected chi connectivity index (χ3v) is 11.2. The third kappa shape index (κ3) is 13.8. The lowest BCUT2D eigenvalue weighted by Crippen LogP contribution is -2.52. The molecule has 1 aliphatic rings. The summed E-state index contributed by atoms with van der Waals surface area (Å²) in [5, 5.41) is 9.40. The molecule has 2 unspecified atom stereocenters. The number of ether oxygens (including phenoxy) is 2. The summed E-state index contributed by atoms with van der Waals surface area (Å²) in [6.45, 7) is 8.56. The molecule has 12 nitrogen and oxygen atoms in total. The van der Waals surface area contributed by atoms with Crippen LogP contribution < -0.4 is 10.6 Å². The van der Waals surface area contributed by atoms with Crippen LogP contribution in [0.1, 0.15) is 59.3 Å². The summed E-state index contributed by atoms with van der Waals surface area (Å²) < 4.78 is 11.1. The van der Waals surface area contributed by atoms with Crippen LogP contribution in [0.25, 0.3) is 0 Å². The second-order valence-corrected chi connectivity index (χ2v) is 15.8. The van der Waals surface area contributed by atoms with E-state index in [-0.39, 0.29) is 37.2 Å². The predicted molar refractivity (Wildman–Crippen MR) is 213 cm³/mol. The van der Waals surface area contributed by atoms with Crippen molar-refractivity contribution >= 4 is 40.7 Å². The highest BCUT2D eigenvalue weighted by Gasteiger charge is 2.25. The molecule has 5 rings (SSSR count). The van der Waals surface area contributed by atoms with Crippen LogP contribution in [0.15, 0.2) is 77.8 Å². The van der Waals surface area contributed by atoms with E-state index in [2.05, 4.69) is 34.4 Å². The number of hydrogen-bond acceptors (Lipinski definition) is 10. The van der Waals surface area contributed by atoms with E-state index in [9.17, 15) is 14.4 Å². The van der Waals surface area contributed by atoms with Gasteiger partial charge in [-0.1, -0.05) is 74.5 Å². The summed E-state index contributed by atoms with van der Waals surface area (Å²) in [5.74, 6) is 0.162. The normalized spacial score (nSPS) is 14.3. The van der Waals surface area contributed by atoms with Gasteiger partial charge in [0.2, 0.25) is 5.91 Å². The Hall–Kier alpha value is -4.37. The van der Waals surface area contributed by atoms with E-state index in [1.807, 2.05) is 66.0 Å². The molecule has 54 heavy (non-hydrogen) atoms. The fourth-order valence-corrected chi connectivity index (χ4v) is 7.52. The summed E-state index contributed by atoms with van der Waals surface area (Å²) in [5.41, 5.74) is 4.72. The number of nitrogens with zero attached hydrogens (tertiary/aromatic N) is 5. The summed E-state index contributed by atoms with van der Waals surface area (Å²) in [4.78, 5) is 56.0. The van der Waals surface area contributed by atoms with Crippen LogP contribution in [-0.4, -0.2) is 108 Å². The monoisotopic (exact) mass is 775 g/mol. The lowest BCUT2D eigenvalue weighted by atomic mass is 9.96. The molecule has 1 fully saturated rings.